The zero-order valence-electron chi connectivity index (χ0n) is 18.1. The zero-order valence-corrected chi connectivity index (χ0v) is 18.1. The highest BCUT2D eigenvalue weighted by atomic mass is 19.1. The van der Waals surface area contributed by atoms with Crippen molar-refractivity contribution in [1.82, 2.24) is 10.6 Å². The van der Waals surface area contributed by atoms with E-state index in [2.05, 4.69) is 48.7 Å². The molecule has 0 aliphatic heterocycles. The van der Waals surface area contributed by atoms with E-state index in [1.165, 1.54) is 23.3 Å². The van der Waals surface area contributed by atoms with Crippen molar-refractivity contribution < 1.29 is 18.7 Å². The topological polar surface area (TPSA) is 61.4 Å². The lowest BCUT2D eigenvalue weighted by atomic mass is 10.0. The number of rotatable bonds is 7. The lowest BCUT2D eigenvalue weighted by Gasteiger charge is -2.09. The molecule has 0 saturated heterocycles. The van der Waals surface area contributed by atoms with Crippen molar-refractivity contribution in [3.8, 4) is 0 Å². The predicted molar refractivity (Wildman–Crippen MR) is 115 cm³/mol. The Labute approximate surface area is 173 Å². The van der Waals surface area contributed by atoms with Crippen LogP contribution in [0, 0.1) is 18.6 Å². The van der Waals surface area contributed by atoms with Crippen LogP contribution in [0.25, 0.3) is 0 Å². The molecule has 1 amide bonds. The van der Waals surface area contributed by atoms with Crippen LogP contribution in [-0.4, -0.2) is 31.2 Å². The Kier molecular flexibility index (Phi) is 14.4. The maximum atomic E-state index is 12.2. The van der Waals surface area contributed by atoms with Gasteiger partial charge in [-0.1, -0.05) is 38.1 Å². The summed E-state index contributed by atoms with van der Waals surface area (Å²) in [5.74, 6) is -0.427. The first-order valence-corrected chi connectivity index (χ1v) is 9.69. The van der Waals surface area contributed by atoms with Gasteiger partial charge in [0.2, 0.25) is 5.91 Å². The third-order valence-electron chi connectivity index (χ3n) is 3.86. The van der Waals surface area contributed by atoms with Crippen molar-refractivity contribution in [1.29, 1.82) is 0 Å². The lowest BCUT2D eigenvalue weighted by Crippen LogP contribution is -2.25. The third-order valence-corrected chi connectivity index (χ3v) is 3.86. The number of hydrogen-bond acceptors (Lipinski definition) is 3. The summed E-state index contributed by atoms with van der Waals surface area (Å²) in [5.41, 5.74) is 3.31. The smallest absolute Gasteiger partial charge is 0.216 e. The molecule has 0 fully saturated rings. The molecule has 0 radical (unpaired) electrons. The number of aryl methyl sites for hydroxylation is 1. The van der Waals surface area contributed by atoms with E-state index >= 15 is 0 Å². The van der Waals surface area contributed by atoms with Gasteiger partial charge >= 0.3 is 0 Å². The van der Waals surface area contributed by atoms with Crippen molar-refractivity contribution in [2.45, 2.75) is 46.6 Å². The molecular weight excluding hydrogens is 374 g/mol. The Hall–Kier alpha value is -2.31. The Morgan fingerprint density at radius 1 is 1.03 bits per heavy atom. The molecule has 162 valence electrons. The summed E-state index contributed by atoms with van der Waals surface area (Å²) in [6.45, 7) is 10.2. The van der Waals surface area contributed by atoms with Crippen molar-refractivity contribution in [3.63, 3.8) is 0 Å². The van der Waals surface area contributed by atoms with E-state index in [9.17, 15) is 13.6 Å². The van der Waals surface area contributed by atoms with Gasteiger partial charge < -0.3 is 15.7 Å². The number of benzene rings is 2. The zero-order chi connectivity index (χ0) is 22.2. The monoisotopic (exact) mass is 408 g/mol. The fraction of sp³-hybridized carbons (Fsp3) is 0.435. The molecule has 29 heavy (non-hydrogen) atoms. The summed E-state index contributed by atoms with van der Waals surface area (Å²) in [5, 5.41) is 13.2. The minimum atomic E-state index is -0.521. The van der Waals surface area contributed by atoms with Crippen LogP contribution in [0.4, 0.5) is 8.78 Å². The Balaban J connectivity index is 0.000000595. The molecular formula is C23H34F2N2O2. The molecule has 0 unspecified atom stereocenters. The summed E-state index contributed by atoms with van der Waals surface area (Å²) in [6.07, 6.45) is 0.962. The fourth-order valence-electron chi connectivity index (χ4n) is 2.46. The average Bonchev–Trinajstić information content (AvgIpc) is 2.65. The van der Waals surface area contributed by atoms with Gasteiger partial charge in [-0.15, -0.1) is 0 Å². The first-order valence-electron chi connectivity index (χ1n) is 9.69. The van der Waals surface area contributed by atoms with Crippen molar-refractivity contribution in [3.05, 3.63) is 70.8 Å². The van der Waals surface area contributed by atoms with Crippen LogP contribution in [0.3, 0.4) is 0 Å². The molecule has 0 aliphatic rings. The number of halogens is 2. The summed E-state index contributed by atoms with van der Waals surface area (Å²) in [4.78, 5) is 10.7. The van der Waals surface area contributed by atoms with E-state index in [0.29, 0.717) is 11.5 Å². The fourth-order valence-corrected chi connectivity index (χ4v) is 2.46. The molecule has 0 saturated carbocycles. The molecule has 0 heterocycles. The van der Waals surface area contributed by atoms with E-state index < -0.39 is 11.6 Å². The first kappa shape index (κ1) is 26.7. The molecule has 0 spiro atoms. The van der Waals surface area contributed by atoms with E-state index in [1.54, 1.807) is 13.8 Å². The van der Waals surface area contributed by atoms with Gasteiger partial charge in [0.1, 0.15) is 11.6 Å². The molecule has 0 bridgehead atoms. The molecule has 3 N–H and O–H groups in total. The standard InChI is InChI=1S/C15H24N2O.C7H6F2.CH4O/c1-12(2)15-7-4-6-14(10-15)11-16-8-5-9-17-13(3)18;1-5-2-6(8)4-7(9)3-5;1-2/h4,6-7,10,12,16H,5,8-9,11H2,1-3H3,(H,17,18);2-4H,1H3;2H,1H3. The van der Waals surface area contributed by atoms with Crippen molar-refractivity contribution in [2.24, 2.45) is 0 Å². The van der Waals surface area contributed by atoms with Crippen LogP contribution >= 0.6 is 0 Å². The maximum Gasteiger partial charge on any atom is 0.216 e. The minimum absolute atomic E-state index is 0.0413. The molecule has 0 aromatic heterocycles. The summed E-state index contributed by atoms with van der Waals surface area (Å²) in [6, 6.07) is 12.1. The Morgan fingerprint density at radius 3 is 2.17 bits per heavy atom. The highest BCUT2D eigenvalue weighted by Crippen LogP contribution is 2.15. The van der Waals surface area contributed by atoms with E-state index in [-0.39, 0.29) is 5.91 Å². The summed E-state index contributed by atoms with van der Waals surface area (Å²) >= 11 is 0. The number of carbonyl (C=O) groups is 1. The third kappa shape index (κ3) is 13.5. The highest BCUT2D eigenvalue weighted by molar-refractivity contribution is 5.72. The number of aliphatic hydroxyl groups is 1. The molecule has 6 heteroatoms. The van der Waals surface area contributed by atoms with Crippen LogP contribution < -0.4 is 10.6 Å². The molecule has 2 aromatic rings. The quantitative estimate of drug-likeness (QED) is 0.599. The Morgan fingerprint density at radius 2 is 1.66 bits per heavy atom. The summed E-state index contributed by atoms with van der Waals surface area (Å²) in [7, 11) is 1.00. The van der Waals surface area contributed by atoms with E-state index in [0.717, 1.165) is 39.2 Å². The second-order valence-electron chi connectivity index (χ2n) is 6.86. The molecule has 2 rings (SSSR count). The maximum absolute atomic E-state index is 12.2. The second-order valence-corrected chi connectivity index (χ2v) is 6.86. The minimum Gasteiger partial charge on any atom is -0.400 e. The van der Waals surface area contributed by atoms with E-state index in [1.807, 2.05) is 0 Å². The number of nitrogens with one attached hydrogen (secondary N) is 2. The van der Waals surface area contributed by atoms with Crippen LogP contribution in [-0.2, 0) is 11.3 Å². The van der Waals surface area contributed by atoms with E-state index in [4.69, 9.17) is 5.11 Å². The molecule has 4 nitrogen and oxygen atoms in total. The first-order chi connectivity index (χ1) is 13.8. The molecule has 0 aliphatic carbocycles. The highest BCUT2D eigenvalue weighted by Gasteiger charge is 2.00. The predicted octanol–water partition coefficient (Wildman–Crippen LogP) is 4.31. The van der Waals surface area contributed by atoms with Gasteiger partial charge in [-0.05, 0) is 54.6 Å². The van der Waals surface area contributed by atoms with Crippen molar-refractivity contribution in [2.75, 3.05) is 20.2 Å². The van der Waals surface area contributed by atoms with Gasteiger partial charge in [0.05, 0.1) is 0 Å². The number of carbonyl (C=O) groups excluding carboxylic acids is 1. The lowest BCUT2D eigenvalue weighted by molar-refractivity contribution is -0.118. The van der Waals surface area contributed by atoms with Gasteiger partial charge in [-0.25, -0.2) is 8.78 Å². The second kappa shape index (κ2) is 15.6. The molecule has 2 aromatic carbocycles. The van der Waals surface area contributed by atoms with Crippen molar-refractivity contribution >= 4 is 5.91 Å². The number of aliphatic hydroxyl groups excluding tert-OH is 1. The largest absolute Gasteiger partial charge is 0.400 e. The number of hydrogen-bond donors (Lipinski definition) is 3. The van der Waals surface area contributed by atoms with Crippen LogP contribution in [0.5, 0.6) is 0 Å². The van der Waals surface area contributed by atoms with Crippen LogP contribution in [0.2, 0.25) is 0 Å². The average molecular weight is 409 g/mol. The van der Waals surface area contributed by atoms with Gasteiger partial charge in [0, 0.05) is 33.2 Å². The number of amides is 1. The molecule has 0 atom stereocenters. The van der Waals surface area contributed by atoms with Gasteiger partial charge in [0.15, 0.2) is 0 Å². The van der Waals surface area contributed by atoms with Gasteiger partial charge in [-0.2, -0.15) is 0 Å². The van der Waals surface area contributed by atoms with Crippen LogP contribution in [0.1, 0.15) is 49.8 Å². The SMILES string of the molecule is CC(=O)NCCCNCc1cccc(C(C)C)c1.CO.Cc1cc(F)cc(F)c1. The Bertz CT molecular complexity index is 671. The van der Waals surface area contributed by atoms with Gasteiger partial charge in [0.25, 0.3) is 0 Å². The summed E-state index contributed by atoms with van der Waals surface area (Å²) < 4.78 is 24.4. The van der Waals surface area contributed by atoms with Gasteiger partial charge in [-0.3, -0.25) is 4.79 Å². The normalized spacial score (nSPS) is 9.83. The van der Waals surface area contributed by atoms with Crippen LogP contribution in [0.15, 0.2) is 42.5 Å².